The quantitative estimate of drug-likeness (QED) is 0.707. The Morgan fingerprint density at radius 1 is 1.33 bits per heavy atom. The van der Waals surface area contributed by atoms with Gasteiger partial charge in [0.15, 0.2) is 0 Å². The van der Waals surface area contributed by atoms with Gasteiger partial charge in [0.05, 0.1) is 6.04 Å². The Labute approximate surface area is 89.8 Å². The van der Waals surface area contributed by atoms with Crippen molar-refractivity contribution in [2.24, 2.45) is 0 Å². The molecular formula is C10H20F2N2O. The third-order valence-electron chi connectivity index (χ3n) is 2.30. The van der Waals surface area contributed by atoms with Gasteiger partial charge in [0.2, 0.25) is 5.91 Å². The van der Waals surface area contributed by atoms with Crippen LogP contribution in [0.25, 0.3) is 0 Å². The van der Waals surface area contributed by atoms with Gasteiger partial charge in [0, 0.05) is 26.1 Å². The number of nitrogens with zero attached hydrogens (tertiary/aromatic N) is 1. The Morgan fingerprint density at radius 3 is 2.27 bits per heavy atom. The molecule has 1 atom stereocenters. The fourth-order valence-electron chi connectivity index (χ4n) is 1.23. The summed E-state index contributed by atoms with van der Waals surface area (Å²) in [5, 5.41) is 2.62. The van der Waals surface area contributed by atoms with Crippen LogP contribution in [0.3, 0.4) is 0 Å². The van der Waals surface area contributed by atoms with Crippen molar-refractivity contribution in [3.05, 3.63) is 0 Å². The van der Waals surface area contributed by atoms with Gasteiger partial charge in [0.25, 0.3) is 6.43 Å². The molecule has 90 valence electrons. The second-order valence-electron chi connectivity index (χ2n) is 3.39. The number of nitrogens with one attached hydrogen (secondary N) is 1. The van der Waals surface area contributed by atoms with Crippen LogP contribution in [0, 0.1) is 0 Å². The van der Waals surface area contributed by atoms with E-state index in [4.69, 9.17) is 0 Å². The van der Waals surface area contributed by atoms with Gasteiger partial charge >= 0.3 is 0 Å². The Morgan fingerprint density at radius 2 is 1.87 bits per heavy atom. The molecule has 1 amide bonds. The van der Waals surface area contributed by atoms with Crippen molar-refractivity contribution in [1.29, 1.82) is 0 Å². The average Bonchev–Trinajstić information content (AvgIpc) is 2.19. The molecule has 0 heterocycles. The zero-order chi connectivity index (χ0) is 11.8. The molecule has 0 saturated heterocycles. The number of carbonyl (C=O) groups excluding carboxylic acids is 1. The molecule has 0 fully saturated rings. The van der Waals surface area contributed by atoms with Crippen LogP contribution in [0.2, 0.25) is 0 Å². The van der Waals surface area contributed by atoms with Crippen LogP contribution in [0.5, 0.6) is 0 Å². The lowest BCUT2D eigenvalue weighted by Gasteiger charge is -2.19. The molecule has 3 nitrogen and oxygen atoms in total. The van der Waals surface area contributed by atoms with Crippen LogP contribution in [0.1, 0.15) is 27.2 Å². The topological polar surface area (TPSA) is 32.3 Å². The highest BCUT2D eigenvalue weighted by molar-refractivity contribution is 5.76. The van der Waals surface area contributed by atoms with E-state index in [0.717, 1.165) is 0 Å². The third-order valence-corrected chi connectivity index (χ3v) is 2.30. The van der Waals surface area contributed by atoms with Gasteiger partial charge in [-0.05, 0) is 20.8 Å². The number of halogens is 2. The molecule has 1 N–H and O–H groups in total. The maximum atomic E-state index is 12.1. The molecule has 0 aliphatic carbocycles. The van der Waals surface area contributed by atoms with Crippen LogP contribution >= 0.6 is 0 Å². The summed E-state index contributed by atoms with van der Waals surface area (Å²) >= 11 is 0. The molecule has 0 saturated carbocycles. The number of hydrogen-bond acceptors (Lipinski definition) is 2. The predicted octanol–water partition coefficient (Wildman–Crippen LogP) is 1.49. The molecule has 0 aromatic heterocycles. The standard InChI is InChI=1S/C10H20F2N2O/c1-4-14(5-2)9(15)6-7-13-8(3)10(11)12/h8,10,13H,4-7H2,1-3H3. The van der Waals surface area contributed by atoms with Crippen LogP contribution in [0.15, 0.2) is 0 Å². The van der Waals surface area contributed by atoms with Crippen molar-refractivity contribution in [3.8, 4) is 0 Å². The van der Waals surface area contributed by atoms with E-state index in [0.29, 0.717) is 19.6 Å². The lowest BCUT2D eigenvalue weighted by atomic mass is 10.3. The van der Waals surface area contributed by atoms with E-state index in [1.165, 1.54) is 6.92 Å². The number of alkyl halides is 2. The van der Waals surface area contributed by atoms with Gasteiger partial charge in [-0.25, -0.2) is 8.78 Å². The smallest absolute Gasteiger partial charge is 0.253 e. The van der Waals surface area contributed by atoms with E-state index >= 15 is 0 Å². The van der Waals surface area contributed by atoms with Crippen molar-refractivity contribution in [3.63, 3.8) is 0 Å². The van der Waals surface area contributed by atoms with Crippen LogP contribution in [0.4, 0.5) is 8.78 Å². The fraction of sp³-hybridized carbons (Fsp3) is 0.900. The molecule has 1 unspecified atom stereocenters. The lowest BCUT2D eigenvalue weighted by Crippen LogP contribution is -2.37. The van der Waals surface area contributed by atoms with Gasteiger partial charge in [-0.1, -0.05) is 0 Å². The first-order valence-corrected chi connectivity index (χ1v) is 5.32. The molecule has 5 heteroatoms. The summed E-state index contributed by atoms with van der Waals surface area (Å²) < 4.78 is 24.2. The zero-order valence-corrected chi connectivity index (χ0v) is 9.59. The molecule has 0 aromatic carbocycles. The highest BCUT2D eigenvalue weighted by Gasteiger charge is 2.14. The number of rotatable bonds is 7. The monoisotopic (exact) mass is 222 g/mol. The first kappa shape index (κ1) is 14.3. The summed E-state index contributed by atoms with van der Waals surface area (Å²) in [6.45, 7) is 6.85. The number of carbonyl (C=O) groups is 1. The van der Waals surface area contributed by atoms with Crippen LogP contribution < -0.4 is 5.32 Å². The van der Waals surface area contributed by atoms with Gasteiger partial charge < -0.3 is 10.2 Å². The second kappa shape index (κ2) is 7.56. The minimum atomic E-state index is -2.38. The third kappa shape index (κ3) is 5.67. The minimum Gasteiger partial charge on any atom is -0.343 e. The number of amides is 1. The van der Waals surface area contributed by atoms with Gasteiger partial charge in [-0.2, -0.15) is 0 Å². The molecule has 0 spiro atoms. The maximum Gasteiger partial charge on any atom is 0.253 e. The summed E-state index contributed by atoms with van der Waals surface area (Å²) in [6, 6.07) is -0.852. The lowest BCUT2D eigenvalue weighted by molar-refractivity contribution is -0.130. The molecule has 0 bridgehead atoms. The van der Waals surface area contributed by atoms with Crippen molar-refractivity contribution < 1.29 is 13.6 Å². The maximum absolute atomic E-state index is 12.1. The summed E-state index contributed by atoms with van der Waals surface area (Å²) in [4.78, 5) is 13.1. The van der Waals surface area contributed by atoms with Crippen molar-refractivity contribution in [1.82, 2.24) is 10.2 Å². The molecule has 0 aliphatic heterocycles. The van der Waals surface area contributed by atoms with E-state index in [2.05, 4.69) is 5.32 Å². The fourth-order valence-corrected chi connectivity index (χ4v) is 1.23. The van der Waals surface area contributed by atoms with E-state index in [1.807, 2.05) is 13.8 Å². The van der Waals surface area contributed by atoms with Crippen LogP contribution in [-0.2, 0) is 4.79 Å². The Bertz CT molecular complexity index is 184. The van der Waals surface area contributed by atoms with Gasteiger partial charge in [-0.15, -0.1) is 0 Å². The molecule has 0 aromatic rings. The highest BCUT2D eigenvalue weighted by atomic mass is 19.3. The summed E-state index contributed by atoms with van der Waals surface area (Å²) in [6.07, 6.45) is -2.10. The molecule has 0 rings (SSSR count). The zero-order valence-electron chi connectivity index (χ0n) is 9.59. The van der Waals surface area contributed by atoms with Crippen LogP contribution in [-0.4, -0.2) is 42.9 Å². The first-order chi connectivity index (χ1) is 7.02. The first-order valence-electron chi connectivity index (χ1n) is 5.32. The summed E-state index contributed by atoms with van der Waals surface area (Å²) in [5.41, 5.74) is 0. The normalized spacial score (nSPS) is 12.9. The number of hydrogen-bond donors (Lipinski definition) is 1. The molecule has 15 heavy (non-hydrogen) atoms. The molecular weight excluding hydrogens is 202 g/mol. The Balaban J connectivity index is 3.71. The van der Waals surface area contributed by atoms with E-state index in [1.54, 1.807) is 4.90 Å². The van der Waals surface area contributed by atoms with Crippen molar-refractivity contribution >= 4 is 5.91 Å². The Kier molecular flexibility index (Phi) is 7.21. The van der Waals surface area contributed by atoms with Gasteiger partial charge in [0.1, 0.15) is 0 Å². The van der Waals surface area contributed by atoms with Crippen molar-refractivity contribution in [2.45, 2.75) is 39.7 Å². The minimum absolute atomic E-state index is 0.00830. The van der Waals surface area contributed by atoms with Gasteiger partial charge in [-0.3, -0.25) is 4.79 Å². The summed E-state index contributed by atoms with van der Waals surface area (Å²) in [5.74, 6) is 0.00830. The largest absolute Gasteiger partial charge is 0.343 e. The second-order valence-corrected chi connectivity index (χ2v) is 3.39. The average molecular weight is 222 g/mol. The van der Waals surface area contributed by atoms with E-state index in [-0.39, 0.29) is 12.3 Å². The predicted molar refractivity (Wildman–Crippen MR) is 56.0 cm³/mol. The molecule has 0 aliphatic rings. The summed E-state index contributed by atoms with van der Waals surface area (Å²) in [7, 11) is 0. The SMILES string of the molecule is CCN(CC)C(=O)CCNC(C)C(F)F. The molecule has 0 radical (unpaired) electrons. The van der Waals surface area contributed by atoms with E-state index < -0.39 is 12.5 Å². The highest BCUT2D eigenvalue weighted by Crippen LogP contribution is 1.99. The Hall–Kier alpha value is -0.710. The van der Waals surface area contributed by atoms with Crippen molar-refractivity contribution in [2.75, 3.05) is 19.6 Å². The van der Waals surface area contributed by atoms with E-state index in [9.17, 15) is 13.6 Å².